The quantitative estimate of drug-likeness (QED) is 0.248. The van der Waals surface area contributed by atoms with Crippen LogP contribution < -0.4 is 16.0 Å². The summed E-state index contributed by atoms with van der Waals surface area (Å²) in [5.74, 6) is -0.361. The molecule has 0 amide bonds. The molecule has 0 bridgehead atoms. The first-order valence-electron chi connectivity index (χ1n) is 11.1. The highest BCUT2D eigenvalue weighted by atomic mass is 16.4. The fourth-order valence-corrected chi connectivity index (χ4v) is 4.59. The monoisotopic (exact) mass is 447 g/mol. The Labute approximate surface area is 192 Å². The Hall–Kier alpha value is -2.84. The van der Waals surface area contributed by atoms with Gasteiger partial charge >= 0.3 is 19.9 Å². The first-order valence-corrected chi connectivity index (χ1v) is 11.1. The van der Waals surface area contributed by atoms with Crippen molar-refractivity contribution in [2.24, 2.45) is 0 Å². The molecule has 1 heterocycles. The standard InChI is InChI=1S/C24H27B2NO6/c1-16-12-24(28)33-23-13-19(10-11-20(16)23)27(14-17-6-2-4-8-21(17)25(29)30)15-18-7-3-5-9-22(18)26(31)32/h2,4,6-8,10-13,22,29-32H,3,5,9,14-15H2,1H3. The van der Waals surface area contributed by atoms with Gasteiger partial charge in [0.25, 0.3) is 0 Å². The average Bonchev–Trinajstić information content (AvgIpc) is 2.78. The summed E-state index contributed by atoms with van der Waals surface area (Å²) in [5, 5.41) is 40.4. The molecule has 1 atom stereocenters. The molecule has 1 unspecified atom stereocenters. The van der Waals surface area contributed by atoms with E-state index in [2.05, 4.69) is 6.08 Å². The van der Waals surface area contributed by atoms with E-state index in [-0.39, 0.29) is 5.82 Å². The van der Waals surface area contributed by atoms with E-state index >= 15 is 0 Å². The second kappa shape index (κ2) is 9.97. The van der Waals surface area contributed by atoms with Crippen LogP contribution in [-0.2, 0) is 6.54 Å². The average molecular weight is 447 g/mol. The summed E-state index contributed by atoms with van der Waals surface area (Å²) >= 11 is 0. The van der Waals surface area contributed by atoms with Crippen LogP contribution in [0, 0.1) is 6.92 Å². The molecule has 4 rings (SSSR count). The third-order valence-corrected chi connectivity index (χ3v) is 6.33. The maximum atomic E-state index is 11.9. The van der Waals surface area contributed by atoms with Crippen molar-refractivity contribution in [3.05, 3.63) is 81.7 Å². The molecule has 0 radical (unpaired) electrons. The van der Waals surface area contributed by atoms with Crippen LogP contribution in [0.3, 0.4) is 0 Å². The van der Waals surface area contributed by atoms with Crippen molar-refractivity contribution in [2.45, 2.75) is 38.5 Å². The van der Waals surface area contributed by atoms with Crippen molar-refractivity contribution in [1.29, 1.82) is 0 Å². The van der Waals surface area contributed by atoms with Gasteiger partial charge in [-0.15, -0.1) is 0 Å². The number of aryl methyl sites for hydroxylation is 1. The zero-order valence-corrected chi connectivity index (χ0v) is 18.5. The number of hydrogen-bond acceptors (Lipinski definition) is 7. The van der Waals surface area contributed by atoms with Crippen LogP contribution in [0.2, 0.25) is 5.82 Å². The number of allylic oxidation sites excluding steroid dienone is 1. The third-order valence-electron chi connectivity index (χ3n) is 6.33. The van der Waals surface area contributed by atoms with Crippen LogP contribution in [0.4, 0.5) is 5.69 Å². The number of hydrogen-bond donors (Lipinski definition) is 4. The highest BCUT2D eigenvalue weighted by Crippen LogP contribution is 2.34. The normalized spacial score (nSPS) is 15.9. The smallest absolute Gasteiger partial charge is 0.427 e. The van der Waals surface area contributed by atoms with Gasteiger partial charge in [-0.3, -0.25) is 0 Å². The van der Waals surface area contributed by atoms with E-state index in [1.165, 1.54) is 6.07 Å². The van der Waals surface area contributed by atoms with Gasteiger partial charge in [-0.1, -0.05) is 35.9 Å². The minimum atomic E-state index is -1.61. The van der Waals surface area contributed by atoms with Crippen LogP contribution in [0.15, 0.2) is 69.4 Å². The Morgan fingerprint density at radius 3 is 2.61 bits per heavy atom. The molecule has 170 valence electrons. The van der Waals surface area contributed by atoms with Crippen LogP contribution in [-0.4, -0.2) is 40.9 Å². The summed E-state index contributed by atoms with van der Waals surface area (Å²) in [6, 6.07) is 14.2. The lowest BCUT2D eigenvalue weighted by molar-refractivity contribution is 0.382. The lowest BCUT2D eigenvalue weighted by Crippen LogP contribution is -2.37. The van der Waals surface area contributed by atoms with Crippen molar-refractivity contribution in [2.75, 3.05) is 11.4 Å². The zero-order chi connectivity index (χ0) is 23.5. The molecule has 1 aromatic heterocycles. The maximum absolute atomic E-state index is 11.9. The Morgan fingerprint density at radius 2 is 1.85 bits per heavy atom. The molecule has 1 aliphatic rings. The summed E-state index contributed by atoms with van der Waals surface area (Å²) in [5.41, 5.74) is 3.70. The summed E-state index contributed by atoms with van der Waals surface area (Å²) < 4.78 is 5.44. The number of nitrogens with zero attached hydrogens (tertiary/aromatic N) is 1. The third kappa shape index (κ3) is 5.23. The lowest BCUT2D eigenvalue weighted by Gasteiger charge is -2.32. The van der Waals surface area contributed by atoms with E-state index in [1.54, 1.807) is 18.2 Å². The van der Waals surface area contributed by atoms with E-state index in [1.807, 2.05) is 36.1 Å². The maximum Gasteiger partial charge on any atom is 0.488 e. The summed E-state index contributed by atoms with van der Waals surface area (Å²) in [6.45, 7) is 2.62. The fourth-order valence-electron chi connectivity index (χ4n) is 4.59. The molecule has 0 aliphatic heterocycles. The van der Waals surface area contributed by atoms with Gasteiger partial charge in [0.2, 0.25) is 0 Å². The SMILES string of the molecule is Cc1cc(=O)oc2cc(N(CC3=CCCCC3B(O)O)Cc3ccccc3B(O)O)ccc12. The molecule has 4 N–H and O–H groups in total. The molecule has 33 heavy (non-hydrogen) atoms. The number of benzene rings is 2. The van der Waals surface area contributed by atoms with Gasteiger partial charge in [0, 0.05) is 42.1 Å². The van der Waals surface area contributed by atoms with Gasteiger partial charge < -0.3 is 29.4 Å². The molecule has 0 saturated heterocycles. The van der Waals surface area contributed by atoms with Gasteiger partial charge in [0.15, 0.2) is 0 Å². The first-order chi connectivity index (χ1) is 15.8. The van der Waals surface area contributed by atoms with Crippen LogP contribution >= 0.6 is 0 Å². The number of anilines is 1. The summed E-state index contributed by atoms with van der Waals surface area (Å²) in [4.78, 5) is 14.0. The fraction of sp³-hybridized carbons (Fsp3) is 0.292. The second-order valence-electron chi connectivity index (χ2n) is 8.59. The molecule has 7 nitrogen and oxygen atoms in total. The minimum Gasteiger partial charge on any atom is -0.427 e. The minimum absolute atomic E-state index is 0.348. The van der Waals surface area contributed by atoms with Crippen molar-refractivity contribution >= 4 is 36.4 Å². The highest BCUT2D eigenvalue weighted by Gasteiger charge is 2.30. The van der Waals surface area contributed by atoms with E-state index in [9.17, 15) is 24.9 Å². The van der Waals surface area contributed by atoms with E-state index in [0.717, 1.165) is 40.6 Å². The van der Waals surface area contributed by atoms with E-state index in [4.69, 9.17) is 4.42 Å². The van der Waals surface area contributed by atoms with Crippen molar-refractivity contribution < 1.29 is 24.5 Å². The van der Waals surface area contributed by atoms with Gasteiger partial charge in [0.1, 0.15) is 5.58 Å². The van der Waals surface area contributed by atoms with Crippen LogP contribution in [0.25, 0.3) is 11.0 Å². The predicted molar refractivity (Wildman–Crippen MR) is 130 cm³/mol. The van der Waals surface area contributed by atoms with Crippen molar-refractivity contribution in [3.8, 4) is 0 Å². The van der Waals surface area contributed by atoms with Crippen molar-refractivity contribution in [3.63, 3.8) is 0 Å². The van der Waals surface area contributed by atoms with Gasteiger partial charge in [-0.2, -0.15) is 0 Å². The molecular formula is C24H27B2NO6. The van der Waals surface area contributed by atoms with Gasteiger partial charge in [-0.05, 0) is 54.9 Å². The Kier molecular flexibility index (Phi) is 7.05. The lowest BCUT2D eigenvalue weighted by atomic mass is 9.64. The Bertz CT molecular complexity index is 1220. The number of rotatable bonds is 7. The topological polar surface area (TPSA) is 114 Å². The molecule has 0 spiro atoms. The highest BCUT2D eigenvalue weighted by molar-refractivity contribution is 6.59. The van der Waals surface area contributed by atoms with Gasteiger partial charge in [0.05, 0.1) is 0 Å². The number of fused-ring (bicyclic) bond motifs is 1. The van der Waals surface area contributed by atoms with Crippen LogP contribution in [0.1, 0.15) is 30.4 Å². The largest absolute Gasteiger partial charge is 0.488 e. The zero-order valence-electron chi connectivity index (χ0n) is 18.5. The molecule has 2 aromatic carbocycles. The summed E-state index contributed by atoms with van der Waals surface area (Å²) in [6.07, 6.45) is 4.50. The Balaban J connectivity index is 1.77. The van der Waals surface area contributed by atoms with Crippen molar-refractivity contribution in [1.82, 2.24) is 0 Å². The molecule has 1 aliphatic carbocycles. The molecule has 0 saturated carbocycles. The van der Waals surface area contributed by atoms with Gasteiger partial charge in [-0.25, -0.2) is 4.79 Å². The Morgan fingerprint density at radius 1 is 1.06 bits per heavy atom. The van der Waals surface area contributed by atoms with E-state index in [0.29, 0.717) is 30.6 Å². The predicted octanol–water partition coefficient (Wildman–Crippen LogP) is 1.74. The molecule has 0 fully saturated rings. The molecular weight excluding hydrogens is 420 g/mol. The molecule has 9 heteroatoms. The molecule has 3 aromatic rings. The summed E-state index contributed by atoms with van der Waals surface area (Å²) in [7, 11) is -3.05. The second-order valence-corrected chi connectivity index (χ2v) is 8.59. The van der Waals surface area contributed by atoms with Crippen LogP contribution in [0.5, 0.6) is 0 Å². The van der Waals surface area contributed by atoms with E-state index < -0.39 is 19.9 Å². The first kappa shape index (κ1) is 23.3.